The van der Waals surface area contributed by atoms with Crippen LogP contribution in [0.25, 0.3) is 0 Å². The molecule has 0 heterocycles. The summed E-state index contributed by atoms with van der Waals surface area (Å²) < 4.78 is 0.973. The summed E-state index contributed by atoms with van der Waals surface area (Å²) in [6, 6.07) is 25.0. The summed E-state index contributed by atoms with van der Waals surface area (Å²) in [6.45, 7) is 2.38. The maximum Gasteiger partial charge on any atom is 0.242 e. The Morgan fingerprint density at radius 2 is 1.48 bits per heavy atom. The van der Waals surface area contributed by atoms with Crippen LogP contribution in [-0.4, -0.2) is 29.8 Å². The quantitative estimate of drug-likeness (QED) is 0.510. The van der Waals surface area contributed by atoms with Crippen molar-refractivity contribution in [1.29, 1.82) is 0 Å². The van der Waals surface area contributed by atoms with Crippen LogP contribution in [0.1, 0.15) is 22.3 Å². The molecule has 1 N–H and O–H groups in total. The average Bonchev–Trinajstić information content (AvgIpc) is 2.79. The van der Waals surface area contributed by atoms with E-state index >= 15 is 0 Å². The standard InChI is InChI=1S/C26H27BrN2O2/c1-19-8-10-21(11-9-19)17-25(30)29(18-22-12-14-23(27)15-13-22)24(26(31)28-2)16-20-6-4-3-5-7-20/h3-15,24H,16-18H2,1-2H3,(H,28,31)/t24-/m1/s1. The highest BCUT2D eigenvalue weighted by Gasteiger charge is 2.29. The first-order valence-corrected chi connectivity index (χ1v) is 11.1. The van der Waals surface area contributed by atoms with Crippen molar-refractivity contribution in [2.75, 3.05) is 7.05 Å². The van der Waals surface area contributed by atoms with Gasteiger partial charge in [0.2, 0.25) is 11.8 Å². The van der Waals surface area contributed by atoms with Gasteiger partial charge in [0, 0.05) is 24.5 Å². The molecule has 5 heteroatoms. The fraction of sp³-hybridized carbons (Fsp3) is 0.231. The van der Waals surface area contributed by atoms with E-state index in [1.165, 1.54) is 0 Å². The van der Waals surface area contributed by atoms with Crippen molar-refractivity contribution in [3.63, 3.8) is 0 Å². The molecule has 4 nitrogen and oxygen atoms in total. The van der Waals surface area contributed by atoms with Gasteiger partial charge < -0.3 is 10.2 Å². The van der Waals surface area contributed by atoms with Crippen LogP contribution < -0.4 is 5.32 Å². The molecule has 31 heavy (non-hydrogen) atoms. The molecule has 0 saturated carbocycles. The van der Waals surface area contributed by atoms with Gasteiger partial charge in [-0.3, -0.25) is 9.59 Å². The second-order valence-electron chi connectivity index (χ2n) is 7.63. The number of rotatable bonds is 8. The van der Waals surface area contributed by atoms with Crippen LogP contribution in [0.4, 0.5) is 0 Å². The maximum atomic E-state index is 13.5. The number of nitrogens with zero attached hydrogens (tertiary/aromatic N) is 1. The molecule has 3 aromatic rings. The molecule has 0 bridgehead atoms. The molecule has 0 fully saturated rings. The minimum atomic E-state index is -0.603. The number of hydrogen-bond donors (Lipinski definition) is 1. The number of carbonyl (C=O) groups excluding carboxylic acids is 2. The van der Waals surface area contributed by atoms with E-state index in [-0.39, 0.29) is 18.2 Å². The molecule has 160 valence electrons. The van der Waals surface area contributed by atoms with Crippen LogP contribution in [0.3, 0.4) is 0 Å². The van der Waals surface area contributed by atoms with E-state index in [9.17, 15) is 9.59 Å². The summed E-state index contributed by atoms with van der Waals surface area (Å²) in [6.07, 6.45) is 0.704. The van der Waals surface area contributed by atoms with E-state index in [0.29, 0.717) is 13.0 Å². The molecule has 3 rings (SSSR count). The number of halogens is 1. The van der Waals surface area contributed by atoms with E-state index < -0.39 is 6.04 Å². The molecule has 0 radical (unpaired) electrons. The summed E-state index contributed by atoms with van der Waals surface area (Å²) in [7, 11) is 1.61. The second kappa shape index (κ2) is 10.9. The third kappa shape index (κ3) is 6.53. The van der Waals surface area contributed by atoms with Crippen molar-refractivity contribution in [1.82, 2.24) is 10.2 Å². The fourth-order valence-corrected chi connectivity index (χ4v) is 3.75. The monoisotopic (exact) mass is 478 g/mol. The first kappa shape index (κ1) is 22.8. The van der Waals surface area contributed by atoms with Crippen LogP contribution in [0.5, 0.6) is 0 Å². The maximum absolute atomic E-state index is 13.5. The van der Waals surface area contributed by atoms with Gasteiger partial charge in [-0.25, -0.2) is 0 Å². The average molecular weight is 479 g/mol. The van der Waals surface area contributed by atoms with Crippen molar-refractivity contribution in [2.24, 2.45) is 0 Å². The van der Waals surface area contributed by atoms with Crippen molar-refractivity contribution < 1.29 is 9.59 Å². The Labute approximate surface area is 192 Å². The molecule has 1 atom stereocenters. The van der Waals surface area contributed by atoms with E-state index in [4.69, 9.17) is 0 Å². The lowest BCUT2D eigenvalue weighted by Crippen LogP contribution is -2.50. The van der Waals surface area contributed by atoms with Crippen molar-refractivity contribution in [3.05, 3.63) is 106 Å². The lowest BCUT2D eigenvalue weighted by Gasteiger charge is -2.31. The van der Waals surface area contributed by atoms with Gasteiger partial charge in [-0.15, -0.1) is 0 Å². The van der Waals surface area contributed by atoms with Gasteiger partial charge in [0.05, 0.1) is 6.42 Å². The summed E-state index contributed by atoms with van der Waals surface area (Å²) in [5.74, 6) is -0.241. The van der Waals surface area contributed by atoms with Gasteiger partial charge in [0.15, 0.2) is 0 Å². The van der Waals surface area contributed by atoms with Gasteiger partial charge >= 0.3 is 0 Å². The van der Waals surface area contributed by atoms with Gasteiger partial charge in [0.1, 0.15) is 6.04 Å². The van der Waals surface area contributed by atoms with E-state index in [0.717, 1.165) is 26.7 Å². The molecular formula is C26H27BrN2O2. The van der Waals surface area contributed by atoms with Crippen molar-refractivity contribution in [2.45, 2.75) is 32.4 Å². The zero-order valence-electron chi connectivity index (χ0n) is 17.8. The van der Waals surface area contributed by atoms with Crippen LogP contribution in [0.2, 0.25) is 0 Å². The Balaban J connectivity index is 1.92. The van der Waals surface area contributed by atoms with Crippen molar-refractivity contribution >= 4 is 27.7 Å². The zero-order valence-corrected chi connectivity index (χ0v) is 19.4. The van der Waals surface area contributed by atoms with Crippen LogP contribution >= 0.6 is 15.9 Å². The highest BCUT2D eigenvalue weighted by atomic mass is 79.9. The lowest BCUT2D eigenvalue weighted by atomic mass is 10.0. The third-order valence-electron chi connectivity index (χ3n) is 5.26. The molecule has 0 aliphatic carbocycles. The fourth-order valence-electron chi connectivity index (χ4n) is 3.49. The molecule has 0 aliphatic heterocycles. The van der Waals surface area contributed by atoms with E-state index in [1.54, 1.807) is 11.9 Å². The molecular weight excluding hydrogens is 452 g/mol. The molecule has 3 aromatic carbocycles. The minimum absolute atomic E-state index is 0.0729. The Morgan fingerprint density at radius 1 is 0.871 bits per heavy atom. The number of benzene rings is 3. The first-order chi connectivity index (χ1) is 15.0. The minimum Gasteiger partial charge on any atom is -0.357 e. The smallest absolute Gasteiger partial charge is 0.242 e. The van der Waals surface area contributed by atoms with Crippen molar-refractivity contribution in [3.8, 4) is 0 Å². The molecule has 0 aromatic heterocycles. The highest BCUT2D eigenvalue weighted by molar-refractivity contribution is 9.10. The van der Waals surface area contributed by atoms with E-state index in [2.05, 4.69) is 21.2 Å². The number of amides is 2. The summed E-state index contributed by atoms with van der Waals surface area (Å²) in [4.78, 5) is 28.1. The van der Waals surface area contributed by atoms with Gasteiger partial charge in [-0.05, 0) is 35.7 Å². The summed E-state index contributed by atoms with van der Waals surface area (Å²) in [5, 5.41) is 2.75. The normalized spacial score (nSPS) is 11.6. The summed E-state index contributed by atoms with van der Waals surface area (Å²) in [5.41, 5.74) is 4.07. The third-order valence-corrected chi connectivity index (χ3v) is 5.79. The Morgan fingerprint density at radius 3 is 2.10 bits per heavy atom. The Kier molecular flexibility index (Phi) is 8.01. The zero-order chi connectivity index (χ0) is 22.2. The van der Waals surface area contributed by atoms with Gasteiger partial charge in [-0.1, -0.05) is 88.2 Å². The number of hydrogen-bond acceptors (Lipinski definition) is 2. The largest absolute Gasteiger partial charge is 0.357 e. The lowest BCUT2D eigenvalue weighted by molar-refractivity contribution is -0.140. The number of likely N-dealkylation sites (N-methyl/N-ethyl adjacent to an activating group) is 1. The molecule has 0 unspecified atom stereocenters. The number of aryl methyl sites for hydroxylation is 1. The van der Waals surface area contributed by atoms with E-state index in [1.807, 2.05) is 85.8 Å². The van der Waals surface area contributed by atoms with Gasteiger partial charge in [0.25, 0.3) is 0 Å². The molecule has 0 spiro atoms. The SMILES string of the molecule is CNC(=O)[C@@H](Cc1ccccc1)N(Cc1ccc(Br)cc1)C(=O)Cc1ccc(C)cc1. The molecule has 0 saturated heterocycles. The van der Waals surface area contributed by atoms with Crippen LogP contribution in [0, 0.1) is 6.92 Å². The summed E-state index contributed by atoms with van der Waals surface area (Å²) >= 11 is 3.45. The molecule has 0 aliphatic rings. The molecule has 2 amide bonds. The van der Waals surface area contributed by atoms with Crippen LogP contribution in [-0.2, 0) is 29.0 Å². The Hall–Kier alpha value is -2.92. The number of carbonyl (C=O) groups is 2. The predicted octanol–water partition coefficient (Wildman–Crippen LogP) is 4.69. The highest BCUT2D eigenvalue weighted by Crippen LogP contribution is 2.18. The first-order valence-electron chi connectivity index (χ1n) is 10.3. The topological polar surface area (TPSA) is 49.4 Å². The Bertz CT molecular complexity index is 1000. The second-order valence-corrected chi connectivity index (χ2v) is 8.55. The number of nitrogens with one attached hydrogen (secondary N) is 1. The van der Waals surface area contributed by atoms with Gasteiger partial charge in [-0.2, -0.15) is 0 Å². The predicted molar refractivity (Wildman–Crippen MR) is 128 cm³/mol. The van der Waals surface area contributed by atoms with Crippen LogP contribution in [0.15, 0.2) is 83.3 Å².